The number of likely N-dealkylation sites (tertiary alicyclic amines) is 1. The Morgan fingerprint density at radius 2 is 1.97 bits per heavy atom. The van der Waals surface area contributed by atoms with E-state index < -0.39 is 0 Å². The summed E-state index contributed by atoms with van der Waals surface area (Å²) in [5.74, 6) is 2.11. The number of nitrogens with one attached hydrogen (secondary N) is 2. The highest BCUT2D eigenvalue weighted by molar-refractivity contribution is 6.32. The molecule has 3 heterocycles. The van der Waals surface area contributed by atoms with Crippen LogP contribution in [-0.2, 0) is 11.8 Å². The van der Waals surface area contributed by atoms with Crippen molar-refractivity contribution in [3.63, 3.8) is 0 Å². The molecule has 2 fully saturated rings. The van der Waals surface area contributed by atoms with Gasteiger partial charge in [0.25, 0.3) is 0 Å². The number of hydrogen-bond donors (Lipinski definition) is 2. The summed E-state index contributed by atoms with van der Waals surface area (Å²) in [6.07, 6.45) is 12.6. The number of imidazole rings is 1. The number of amides is 1. The molecule has 1 aliphatic heterocycles. The molecule has 30 heavy (non-hydrogen) atoms. The van der Waals surface area contributed by atoms with Gasteiger partial charge in [-0.3, -0.25) is 4.79 Å². The van der Waals surface area contributed by atoms with Crippen LogP contribution in [0.15, 0.2) is 18.7 Å². The SMILES string of the molecule is CCC(=O)N1CCC2(CCC(Nc3nc(Nc4cn(C)cn4)ncc3Cl)CC2)CC1. The zero-order chi connectivity index (χ0) is 21.1. The molecule has 1 spiro atoms. The maximum absolute atomic E-state index is 12.0. The highest BCUT2D eigenvalue weighted by Gasteiger charge is 2.38. The van der Waals surface area contributed by atoms with Crippen molar-refractivity contribution in [1.82, 2.24) is 24.4 Å². The summed E-state index contributed by atoms with van der Waals surface area (Å²) in [6, 6.07) is 0.348. The number of rotatable bonds is 5. The minimum Gasteiger partial charge on any atom is -0.366 e. The predicted octanol–water partition coefficient (Wildman–Crippen LogP) is 3.98. The Hall–Kier alpha value is -2.35. The predicted molar refractivity (Wildman–Crippen MR) is 118 cm³/mol. The summed E-state index contributed by atoms with van der Waals surface area (Å²) in [5.41, 5.74) is 0.393. The first-order chi connectivity index (χ1) is 14.5. The van der Waals surface area contributed by atoms with Gasteiger partial charge in [-0.25, -0.2) is 9.97 Å². The van der Waals surface area contributed by atoms with Gasteiger partial charge < -0.3 is 20.1 Å². The lowest BCUT2D eigenvalue weighted by atomic mass is 9.67. The van der Waals surface area contributed by atoms with Crippen LogP contribution in [0.5, 0.6) is 0 Å². The quantitative estimate of drug-likeness (QED) is 0.744. The summed E-state index contributed by atoms with van der Waals surface area (Å²) >= 11 is 6.35. The van der Waals surface area contributed by atoms with Crippen molar-refractivity contribution in [2.24, 2.45) is 12.5 Å². The van der Waals surface area contributed by atoms with Gasteiger partial charge in [0.05, 0.1) is 12.5 Å². The summed E-state index contributed by atoms with van der Waals surface area (Å²) in [5, 5.41) is 7.16. The van der Waals surface area contributed by atoms with Gasteiger partial charge >= 0.3 is 0 Å². The average Bonchev–Trinajstić information content (AvgIpc) is 3.17. The molecular formula is C21H30ClN7O. The molecule has 0 aromatic carbocycles. The summed E-state index contributed by atoms with van der Waals surface area (Å²) in [6.45, 7) is 3.76. The van der Waals surface area contributed by atoms with Crippen molar-refractivity contribution < 1.29 is 4.79 Å². The van der Waals surface area contributed by atoms with Crippen LogP contribution in [0.1, 0.15) is 51.9 Å². The molecule has 2 aromatic heterocycles. The van der Waals surface area contributed by atoms with Gasteiger partial charge in [0.15, 0.2) is 11.6 Å². The molecule has 0 radical (unpaired) electrons. The molecule has 2 aromatic rings. The molecule has 2 aliphatic rings. The number of piperidine rings is 1. The van der Waals surface area contributed by atoms with E-state index in [9.17, 15) is 4.79 Å². The van der Waals surface area contributed by atoms with Gasteiger partial charge in [-0.2, -0.15) is 4.98 Å². The van der Waals surface area contributed by atoms with Crippen LogP contribution >= 0.6 is 11.6 Å². The van der Waals surface area contributed by atoms with Crippen LogP contribution in [0, 0.1) is 5.41 Å². The maximum atomic E-state index is 12.0. The van der Waals surface area contributed by atoms with Gasteiger partial charge in [-0.1, -0.05) is 18.5 Å². The van der Waals surface area contributed by atoms with Gasteiger partial charge in [-0.15, -0.1) is 0 Å². The van der Waals surface area contributed by atoms with Crippen molar-refractivity contribution >= 4 is 35.1 Å². The molecule has 1 saturated heterocycles. The Morgan fingerprint density at radius 3 is 2.60 bits per heavy atom. The van der Waals surface area contributed by atoms with Crippen LogP contribution in [-0.4, -0.2) is 49.5 Å². The lowest BCUT2D eigenvalue weighted by molar-refractivity contribution is -0.133. The third kappa shape index (κ3) is 4.69. The molecule has 2 N–H and O–H groups in total. The fourth-order valence-corrected chi connectivity index (χ4v) is 4.79. The third-order valence-electron chi connectivity index (χ3n) is 6.56. The number of carbonyl (C=O) groups is 1. The molecule has 8 nitrogen and oxygen atoms in total. The van der Waals surface area contributed by atoms with E-state index in [0.29, 0.717) is 40.5 Å². The second-order valence-electron chi connectivity index (χ2n) is 8.59. The van der Waals surface area contributed by atoms with Crippen LogP contribution < -0.4 is 10.6 Å². The number of anilines is 3. The summed E-state index contributed by atoms with van der Waals surface area (Å²) in [7, 11) is 1.91. The van der Waals surface area contributed by atoms with Gasteiger partial charge in [0.1, 0.15) is 5.02 Å². The molecule has 1 aliphatic carbocycles. The minimum atomic E-state index is 0.286. The van der Waals surface area contributed by atoms with Crippen LogP contribution in [0.2, 0.25) is 5.02 Å². The van der Waals surface area contributed by atoms with Crippen LogP contribution in [0.3, 0.4) is 0 Å². The first-order valence-corrected chi connectivity index (χ1v) is 11.2. The number of aryl methyl sites for hydroxylation is 1. The molecular weight excluding hydrogens is 402 g/mol. The normalized spacial score (nSPS) is 19.1. The fourth-order valence-electron chi connectivity index (χ4n) is 4.64. The van der Waals surface area contributed by atoms with Gasteiger partial charge in [0.2, 0.25) is 11.9 Å². The molecule has 0 bridgehead atoms. The van der Waals surface area contributed by atoms with Crippen LogP contribution in [0.25, 0.3) is 0 Å². The van der Waals surface area contributed by atoms with E-state index in [0.717, 1.165) is 38.8 Å². The molecule has 162 valence electrons. The molecule has 9 heteroatoms. The zero-order valence-electron chi connectivity index (χ0n) is 17.7. The van der Waals surface area contributed by atoms with Crippen molar-refractivity contribution in [3.05, 3.63) is 23.7 Å². The maximum Gasteiger partial charge on any atom is 0.230 e. The Kier molecular flexibility index (Phi) is 6.13. The molecule has 0 unspecified atom stereocenters. The van der Waals surface area contributed by atoms with Crippen molar-refractivity contribution in [3.8, 4) is 0 Å². The topological polar surface area (TPSA) is 88.0 Å². The van der Waals surface area contributed by atoms with E-state index in [4.69, 9.17) is 11.6 Å². The van der Waals surface area contributed by atoms with E-state index in [1.807, 2.05) is 29.6 Å². The van der Waals surface area contributed by atoms with E-state index in [1.54, 1.807) is 12.5 Å². The third-order valence-corrected chi connectivity index (χ3v) is 6.83. The first kappa shape index (κ1) is 20.9. The lowest BCUT2D eigenvalue weighted by Crippen LogP contribution is -2.45. The second kappa shape index (κ2) is 8.79. The van der Waals surface area contributed by atoms with Crippen LogP contribution in [0.4, 0.5) is 17.6 Å². The van der Waals surface area contributed by atoms with E-state index in [-0.39, 0.29) is 5.91 Å². The smallest absolute Gasteiger partial charge is 0.230 e. The summed E-state index contributed by atoms with van der Waals surface area (Å²) in [4.78, 5) is 27.0. The summed E-state index contributed by atoms with van der Waals surface area (Å²) < 4.78 is 1.86. The Labute approximate surface area is 182 Å². The highest BCUT2D eigenvalue weighted by atomic mass is 35.5. The van der Waals surface area contributed by atoms with Crippen molar-refractivity contribution in [1.29, 1.82) is 0 Å². The Balaban J connectivity index is 1.33. The van der Waals surface area contributed by atoms with E-state index >= 15 is 0 Å². The van der Waals surface area contributed by atoms with E-state index in [2.05, 4.69) is 25.6 Å². The van der Waals surface area contributed by atoms with Crippen molar-refractivity contribution in [2.75, 3.05) is 23.7 Å². The highest BCUT2D eigenvalue weighted by Crippen LogP contribution is 2.45. The van der Waals surface area contributed by atoms with E-state index in [1.165, 1.54) is 12.8 Å². The number of halogens is 1. The zero-order valence-corrected chi connectivity index (χ0v) is 18.5. The number of carbonyl (C=O) groups excluding carboxylic acids is 1. The number of hydrogen-bond acceptors (Lipinski definition) is 6. The van der Waals surface area contributed by atoms with Crippen molar-refractivity contribution in [2.45, 2.75) is 57.9 Å². The standard InChI is InChI=1S/C21H30ClN7O/c1-3-18(30)29-10-8-21(9-11-29)6-4-15(5-7-21)25-19-16(22)12-23-20(27-19)26-17-13-28(2)14-24-17/h12-15H,3-11H2,1-2H3,(H2,23,25,26,27). The van der Waals surface area contributed by atoms with Gasteiger partial charge in [-0.05, 0) is 43.9 Å². The largest absolute Gasteiger partial charge is 0.366 e. The molecule has 4 rings (SSSR count). The monoisotopic (exact) mass is 431 g/mol. The Bertz CT molecular complexity index is 881. The molecule has 1 saturated carbocycles. The minimum absolute atomic E-state index is 0.286. The average molecular weight is 432 g/mol. The fraction of sp³-hybridized carbons (Fsp3) is 0.619. The lowest BCUT2D eigenvalue weighted by Gasteiger charge is -2.46. The second-order valence-corrected chi connectivity index (χ2v) is 9.00. The number of nitrogens with zero attached hydrogens (tertiary/aromatic N) is 5. The van der Waals surface area contributed by atoms with Gasteiger partial charge in [0, 0.05) is 38.8 Å². The molecule has 0 atom stereocenters. The molecule has 1 amide bonds. The Morgan fingerprint density at radius 1 is 1.23 bits per heavy atom. The first-order valence-electron chi connectivity index (χ1n) is 10.8. The number of aromatic nitrogens is 4.